The summed E-state index contributed by atoms with van der Waals surface area (Å²) >= 11 is 0. The standard InChI is InChI=1S/C28H37N5O3/c1-18-5-3-7-23(19(18)2)30-11-13-31(14-12-30)26(35)17-33-24-8-4-6-22(24)27(29-33)28(36)32-16-20-9-10-21(32)15-25(20)34/h3,5,7,20-21,25,34H,4,6,8-17H2,1-2H3. The quantitative estimate of drug-likeness (QED) is 0.710. The SMILES string of the molecule is Cc1cccc(N2CCN(C(=O)Cn3nc(C(=O)N4CC5CCC4CC5O)c4c3CCC4)CC2)c1C. The van der Waals surface area contributed by atoms with Gasteiger partial charge in [-0.1, -0.05) is 12.1 Å². The lowest BCUT2D eigenvalue weighted by molar-refractivity contribution is -0.132. The van der Waals surface area contributed by atoms with Crippen LogP contribution in [-0.2, 0) is 24.2 Å². The molecule has 1 aromatic carbocycles. The molecule has 1 N–H and O–H groups in total. The number of carbonyl (C=O) groups is 2. The number of aliphatic hydroxyl groups is 1. The van der Waals surface area contributed by atoms with Gasteiger partial charge in [0.25, 0.3) is 5.91 Å². The molecular weight excluding hydrogens is 454 g/mol. The summed E-state index contributed by atoms with van der Waals surface area (Å²) in [5.41, 5.74) is 6.49. The summed E-state index contributed by atoms with van der Waals surface area (Å²) in [6.07, 6.45) is 5.06. The highest BCUT2D eigenvalue weighted by atomic mass is 16.3. The molecule has 3 atom stereocenters. The third-order valence-electron chi connectivity index (χ3n) is 9.10. The highest BCUT2D eigenvalue weighted by Gasteiger charge is 2.43. The predicted octanol–water partition coefficient (Wildman–Crippen LogP) is 2.32. The molecule has 0 spiro atoms. The number of rotatable bonds is 4. The Morgan fingerprint density at radius 3 is 2.61 bits per heavy atom. The van der Waals surface area contributed by atoms with Gasteiger partial charge in [-0.25, -0.2) is 0 Å². The Hall–Kier alpha value is -2.87. The lowest BCUT2D eigenvalue weighted by Crippen LogP contribution is -2.56. The van der Waals surface area contributed by atoms with Gasteiger partial charge in [0, 0.05) is 61.6 Å². The first-order valence-corrected chi connectivity index (χ1v) is 13.6. The molecule has 36 heavy (non-hydrogen) atoms. The minimum atomic E-state index is -0.288. The van der Waals surface area contributed by atoms with E-state index in [9.17, 15) is 14.7 Å². The first-order chi connectivity index (χ1) is 17.4. The molecule has 4 fully saturated rings. The van der Waals surface area contributed by atoms with Gasteiger partial charge in [-0.05, 0) is 69.6 Å². The fraction of sp³-hybridized carbons (Fsp3) is 0.607. The fourth-order valence-electron chi connectivity index (χ4n) is 6.79. The van der Waals surface area contributed by atoms with Gasteiger partial charge >= 0.3 is 0 Å². The van der Waals surface area contributed by atoms with Gasteiger partial charge in [-0.15, -0.1) is 0 Å². The lowest BCUT2D eigenvalue weighted by atomic mass is 9.77. The van der Waals surface area contributed by atoms with E-state index in [4.69, 9.17) is 5.10 Å². The van der Waals surface area contributed by atoms with Crippen molar-refractivity contribution in [3.05, 3.63) is 46.3 Å². The van der Waals surface area contributed by atoms with Crippen molar-refractivity contribution in [3.63, 3.8) is 0 Å². The second-order valence-electron chi connectivity index (χ2n) is 11.1. The number of piperazine rings is 1. The summed E-state index contributed by atoms with van der Waals surface area (Å²) in [6.45, 7) is 8.15. The molecule has 2 bridgehead atoms. The van der Waals surface area contributed by atoms with E-state index < -0.39 is 0 Å². The number of hydrogen-bond donors (Lipinski definition) is 1. The summed E-state index contributed by atoms with van der Waals surface area (Å²) in [7, 11) is 0. The van der Waals surface area contributed by atoms with E-state index in [2.05, 4.69) is 36.9 Å². The third-order valence-corrected chi connectivity index (χ3v) is 9.10. The number of aryl methyl sites for hydroxylation is 1. The average molecular weight is 492 g/mol. The topological polar surface area (TPSA) is 81.9 Å². The van der Waals surface area contributed by atoms with Crippen molar-refractivity contribution in [1.29, 1.82) is 0 Å². The van der Waals surface area contributed by atoms with Gasteiger partial charge in [0.1, 0.15) is 6.54 Å². The zero-order valence-corrected chi connectivity index (χ0v) is 21.4. The molecule has 1 saturated carbocycles. The molecular formula is C28H37N5O3. The molecule has 3 unspecified atom stereocenters. The number of anilines is 1. The zero-order chi connectivity index (χ0) is 25.0. The molecule has 4 heterocycles. The number of fused-ring (bicyclic) bond motifs is 4. The van der Waals surface area contributed by atoms with Crippen LogP contribution in [0.15, 0.2) is 18.2 Å². The number of piperidine rings is 2. The van der Waals surface area contributed by atoms with E-state index in [1.807, 2.05) is 14.5 Å². The lowest BCUT2D eigenvalue weighted by Gasteiger charge is -2.47. The van der Waals surface area contributed by atoms with Crippen LogP contribution in [0.25, 0.3) is 0 Å². The van der Waals surface area contributed by atoms with E-state index in [1.165, 1.54) is 16.8 Å². The maximum atomic E-state index is 13.5. The van der Waals surface area contributed by atoms with Gasteiger partial charge in [-0.2, -0.15) is 5.10 Å². The molecule has 2 aromatic rings. The van der Waals surface area contributed by atoms with E-state index >= 15 is 0 Å². The number of benzene rings is 1. The minimum Gasteiger partial charge on any atom is -0.393 e. The molecule has 2 aliphatic carbocycles. The number of carbonyl (C=O) groups excluding carboxylic acids is 2. The van der Waals surface area contributed by atoms with Crippen LogP contribution in [0.5, 0.6) is 0 Å². The summed E-state index contributed by atoms with van der Waals surface area (Å²) in [5, 5.41) is 15.0. The van der Waals surface area contributed by atoms with Crippen LogP contribution in [0.2, 0.25) is 0 Å². The molecule has 0 radical (unpaired) electrons. The highest BCUT2D eigenvalue weighted by Crippen LogP contribution is 2.37. The second kappa shape index (κ2) is 9.21. The maximum absolute atomic E-state index is 13.5. The molecule has 7 rings (SSSR count). The summed E-state index contributed by atoms with van der Waals surface area (Å²) in [4.78, 5) is 33.1. The third kappa shape index (κ3) is 3.99. The first-order valence-electron chi connectivity index (χ1n) is 13.6. The highest BCUT2D eigenvalue weighted by molar-refractivity contribution is 5.94. The van der Waals surface area contributed by atoms with Crippen LogP contribution in [0.3, 0.4) is 0 Å². The molecule has 3 aliphatic heterocycles. The van der Waals surface area contributed by atoms with Gasteiger partial charge < -0.3 is 19.8 Å². The smallest absolute Gasteiger partial charge is 0.274 e. The Kier molecular flexibility index (Phi) is 6.02. The predicted molar refractivity (Wildman–Crippen MR) is 137 cm³/mol. The van der Waals surface area contributed by atoms with Crippen LogP contribution < -0.4 is 4.90 Å². The van der Waals surface area contributed by atoms with Gasteiger partial charge in [-0.3, -0.25) is 14.3 Å². The van der Waals surface area contributed by atoms with Gasteiger partial charge in [0.05, 0.1) is 6.10 Å². The van der Waals surface area contributed by atoms with Crippen LogP contribution in [0.4, 0.5) is 5.69 Å². The number of amides is 2. The number of aliphatic hydroxyl groups excluding tert-OH is 1. The van der Waals surface area contributed by atoms with Crippen molar-refractivity contribution < 1.29 is 14.7 Å². The number of nitrogens with zero attached hydrogens (tertiary/aromatic N) is 5. The Morgan fingerprint density at radius 2 is 1.89 bits per heavy atom. The van der Waals surface area contributed by atoms with E-state index in [0.717, 1.165) is 56.5 Å². The molecule has 192 valence electrons. The fourth-order valence-corrected chi connectivity index (χ4v) is 6.79. The minimum absolute atomic E-state index is 0.0110. The van der Waals surface area contributed by atoms with Crippen LogP contribution in [0.1, 0.15) is 58.6 Å². The van der Waals surface area contributed by atoms with Crippen molar-refractivity contribution in [1.82, 2.24) is 19.6 Å². The average Bonchev–Trinajstić information content (AvgIpc) is 3.50. The monoisotopic (exact) mass is 491 g/mol. The van der Waals surface area contributed by atoms with Crippen LogP contribution >= 0.6 is 0 Å². The van der Waals surface area contributed by atoms with E-state index in [0.29, 0.717) is 31.7 Å². The van der Waals surface area contributed by atoms with Crippen molar-refractivity contribution in [3.8, 4) is 0 Å². The van der Waals surface area contributed by atoms with Gasteiger partial charge in [0.15, 0.2) is 5.69 Å². The Bertz CT molecular complexity index is 1180. The molecule has 5 aliphatic rings. The van der Waals surface area contributed by atoms with Crippen LogP contribution in [0, 0.1) is 19.8 Å². The molecule has 1 aromatic heterocycles. The van der Waals surface area contributed by atoms with Crippen molar-refractivity contribution >= 4 is 17.5 Å². The molecule has 8 heteroatoms. The summed E-state index contributed by atoms with van der Waals surface area (Å²) in [6, 6.07) is 6.51. The van der Waals surface area contributed by atoms with E-state index in [-0.39, 0.29) is 36.4 Å². The second-order valence-corrected chi connectivity index (χ2v) is 11.1. The maximum Gasteiger partial charge on any atom is 0.274 e. The van der Waals surface area contributed by atoms with Crippen molar-refractivity contribution in [2.75, 3.05) is 37.6 Å². The zero-order valence-electron chi connectivity index (χ0n) is 21.4. The Labute approximate surface area is 212 Å². The summed E-state index contributed by atoms with van der Waals surface area (Å²) < 4.78 is 1.81. The normalized spacial score (nSPS) is 25.4. The number of aromatic nitrogens is 2. The van der Waals surface area contributed by atoms with Crippen molar-refractivity contribution in [2.45, 2.75) is 71.1 Å². The van der Waals surface area contributed by atoms with E-state index in [1.54, 1.807) is 0 Å². The summed E-state index contributed by atoms with van der Waals surface area (Å²) in [5.74, 6) is 0.243. The molecule has 8 nitrogen and oxygen atoms in total. The van der Waals surface area contributed by atoms with Crippen LogP contribution in [-0.4, -0.2) is 81.4 Å². The Balaban J connectivity index is 1.14. The number of hydrogen-bond acceptors (Lipinski definition) is 5. The molecule has 2 amide bonds. The van der Waals surface area contributed by atoms with Crippen molar-refractivity contribution in [2.24, 2.45) is 5.92 Å². The van der Waals surface area contributed by atoms with Gasteiger partial charge in [0.2, 0.25) is 5.91 Å². The largest absolute Gasteiger partial charge is 0.393 e. The Morgan fingerprint density at radius 1 is 1.08 bits per heavy atom. The molecule has 3 saturated heterocycles. The first kappa shape index (κ1) is 23.5.